The molecule has 0 saturated heterocycles. The van der Waals surface area contributed by atoms with Crippen molar-refractivity contribution in [3.63, 3.8) is 0 Å². The van der Waals surface area contributed by atoms with Crippen molar-refractivity contribution in [2.45, 2.75) is 0 Å². The Morgan fingerprint density at radius 2 is 1.68 bits per heavy atom. The lowest BCUT2D eigenvalue weighted by Gasteiger charge is -2.06. The summed E-state index contributed by atoms with van der Waals surface area (Å²) < 4.78 is 4.74. The third kappa shape index (κ3) is 2.13. The number of nitriles is 1. The third-order valence-electron chi connectivity index (χ3n) is 3.32. The molecule has 5 nitrogen and oxygen atoms in total. The second-order valence-corrected chi connectivity index (χ2v) is 4.63. The molecule has 1 aromatic heterocycles. The van der Waals surface area contributed by atoms with Gasteiger partial charge in [-0.25, -0.2) is 4.79 Å². The highest BCUT2D eigenvalue weighted by Gasteiger charge is 2.21. The Balaban J connectivity index is 2.23. The number of nitrogens with zero attached hydrogens (tertiary/aromatic N) is 1. The number of benzene rings is 2. The Morgan fingerprint density at radius 3 is 2.32 bits per heavy atom. The summed E-state index contributed by atoms with van der Waals surface area (Å²) in [4.78, 5) is 24.3. The largest absolute Gasteiger partial charge is 0.480 e. The number of aromatic hydroxyl groups is 1. The monoisotopic (exact) mass is 291 g/mol. The third-order valence-corrected chi connectivity index (χ3v) is 3.32. The lowest BCUT2D eigenvalue weighted by Crippen LogP contribution is -2.08. The maximum Gasteiger partial charge on any atom is 0.346 e. The smallest absolute Gasteiger partial charge is 0.346 e. The van der Waals surface area contributed by atoms with E-state index >= 15 is 0 Å². The van der Waals surface area contributed by atoms with E-state index in [1.165, 1.54) is 30.3 Å². The Bertz CT molecular complexity index is 978. The van der Waals surface area contributed by atoms with Gasteiger partial charge in [-0.15, -0.1) is 0 Å². The maximum absolute atomic E-state index is 12.6. The predicted molar refractivity (Wildman–Crippen MR) is 78.7 cm³/mol. The molecule has 3 aromatic rings. The minimum Gasteiger partial charge on any atom is -0.480 e. The summed E-state index contributed by atoms with van der Waals surface area (Å²) in [5, 5.41) is 19.2. The highest BCUT2D eigenvalue weighted by Crippen LogP contribution is 2.27. The quantitative estimate of drug-likeness (QED) is 0.733. The van der Waals surface area contributed by atoms with Gasteiger partial charge >= 0.3 is 5.63 Å². The second-order valence-electron chi connectivity index (χ2n) is 4.63. The zero-order chi connectivity index (χ0) is 15.7. The summed E-state index contributed by atoms with van der Waals surface area (Å²) in [6.45, 7) is 0. The van der Waals surface area contributed by atoms with Gasteiger partial charge in [0.25, 0.3) is 5.95 Å². The van der Waals surface area contributed by atoms with Gasteiger partial charge in [-0.2, -0.15) is 5.26 Å². The molecule has 0 amide bonds. The van der Waals surface area contributed by atoms with Crippen LogP contribution in [0.25, 0.3) is 10.8 Å². The molecule has 3 rings (SSSR count). The van der Waals surface area contributed by atoms with Crippen molar-refractivity contribution in [2.75, 3.05) is 0 Å². The highest BCUT2D eigenvalue weighted by molar-refractivity contribution is 6.17. The standard InChI is InChI=1S/C17H9NO4/c18-9-10-5-7-11(8-6-10)15(19)14-12-3-1-2-4-13(12)16(20)22-17(14)21/h1-8,21H. The number of rotatable bonds is 2. The lowest BCUT2D eigenvalue weighted by molar-refractivity contribution is 0.103. The summed E-state index contributed by atoms with van der Waals surface area (Å²) in [7, 11) is 0. The van der Waals surface area contributed by atoms with Crippen molar-refractivity contribution in [1.29, 1.82) is 5.26 Å². The van der Waals surface area contributed by atoms with Crippen molar-refractivity contribution < 1.29 is 14.3 Å². The fourth-order valence-electron chi connectivity index (χ4n) is 2.25. The van der Waals surface area contributed by atoms with Crippen LogP contribution in [0.2, 0.25) is 0 Å². The van der Waals surface area contributed by atoms with Crippen LogP contribution in [-0.2, 0) is 0 Å². The Morgan fingerprint density at radius 1 is 1.05 bits per heavy atom. The minimum absolute atomic E-state index is 0.0695. The van der Waals surface area contributed by atoms with Gasteiger partial charge < -0.3 is 9.52 Å². The molecule has 22 heavy (non-hydrogen) atoms. The first-order chi connectivity index (χ1) is 10.6. The number of hydrogen-bond donors (Lipinski definition) is 1. The average Bonchev–Trinajstić information content (AvgIpc) is 2.55. The molecular weight excluding hydrogens is 282 g/mol. The van der Waals surface area contributed by atoms with Gasteiger partial charge in [-0.1, -0.05) is 18.2 Å². The first-order valence-corrected chi connectivity index (χ1v) is 6.41. The number of fused-ring (bicyclic) bond motifs is 1. The van der Waals surface area contributed by atoms with E-state index in [1.807, 2.05) is 6.07 Å². The summed E-state index contributed by atoms with van der Waals surface area (Å²) in [6, 6.07) is 14.3. The Hall–Kier alpha value is -3.39. The van der Waals surface area contributed by atoms with E-state index < -0.39 is 17.4 Å². The van der Waals surface area contributed by atoms with Gasteiger partial charge in [0.2, 0.25) is 5.78 Å². The normalized spacial score (nSPS) is 10.3. The number of ketones is 1. The van der Waals surface area contributed by atoms with Crippen LogP contribution >= 0.6 is 0 Å². The fraction of sp³-hybridized carbons (Fsp3) is 0. The molecule has 0 aliphatic heterocycles. The van der Waals surface area contributed by atoms with Crippen molar-refractivity contribution in [1.82, 2.24) is 0 Å². The van der Waals surface area contributed by atoms with E-state index in [-0.39, 0.29) is 16.5 Å². The highest BCUT2D eigenvalue weighted by atomic mass is 16.5. The van der Waals surface area contributed by atoms with Crippen LogP contribution in [-0.4, -0.2) is 10.9 Å². The molecular formula is C17H9NO4. The molecule has 0 atom stereocenters. The van der Waals surface area contributed by atoms with E-state index in [0.717, 1.165) is 0 Å². The van der Waals surface area contributed by atoms with Gasteiger partial charge in [0.1, 0.15) is 5.56 Å². The summed E-state index contributed by atoms with van der Waals surface area (Å²) in [5.41, 5.74) is -0.0667. The van der Waals surface area contributed by atoms with Crippen molar-refractivity contribution in [2.24, 2.45) is 0 Å². The zero-order valence-electron chi connectivity index (χ0n) is 11.2. The predicted octanol–water partition coefficient (Wildman–Crippen LogP) is 2.60. The number of carbonyl (C=O) groups is 1. The van der Waals surface area contributed by atoms with Crippen molar-refractivity contribution in [3.8, 4) is 12.0 Å². The van der Waals surface area contributed by atoms with Crippen LogP contribution in [0.3, 0.4) is 0 Å². The molecule has 1 heterocycles. The van der Waals surface area contributed by atoms with Gasteiger partial charge in [-0.05, 0) is 30.3 Å². The van der Waals surface area contributed by atoms with Crippen molar-refractivity contribution in [3.05, 3.63) is 75.6 Å². The van der Waals surface area contributed by atoms with E-state index in [9.17, 15) is 14.7 Å². The first kappa shape index (κ1) is 13.6. The molecule has 5 heteroatoms. The number of hydrogen-bond acceptors (Lipinski definition) is 5. The van der Waals surface area contributed by atoms with Gasteiger partial charge in [-0.3, -0.25) is 4.79 Å². The molecule has 0 saturated carbocycles. The van der Waals surface area contributed by atoms with E-state index in [2.05, 4.69) is 0 Å². The van der Waals surface area contributed by atoms with Gasteiger partial charge in [0.05, 0.1) is 17.0 Å². The fourth-order valence-corrected chi connectivity index (χ4v) is 2.25. The molecule has 0 bridgehead atoms. The molecule has 1 N–H and O–H groups in total. The number of carbonyl (C=O) groups excluding carboxylic acids is 1. The van der Waals surface area contributed by atoms with Gasteiger partial charge in [0.15, 0.2) is 0 Å². The zero-order valence-corrected chi connectivity index (χ0v) is 11.2. The van der Waals surface area contributed by atoms with Gasteiger partial charge in [0, 0.05) is 10.9 Å². The van der Waals surface area contributed by atoms with Crippen molar-refractivity contribution >= 4 is 16.6 Å². The van der Waals surface area contributed by atoms with E-state index in [4.69, 9.17) is 9.68 Å². The molecule has 0 unspecified atom stereocenters. The van der Waals surface area contributed by atoms with Crippen LogP contribution in [0.4, 0.5) is 0 Å². The average molecular weight is 291 g/mol. The molecule has 106 valence electrons. The van der Waals surface area contributed by atoms with E-state index in [1.54, 1.807) is 18.2 Å². The first-order valence-electron chi connectivity index (χ1n) is 6.41. The SMILES string of the molecule is N#Cc1ccc(C(=O)c2c(O)oc(=O)c3ccccc23)cc1. The topological polar surface area (TPSA) is 91.3 Å². The van der Waals surface area contributed by atoms with E-state index in [0.29, 0.717) is 10.9 Å². The maximum atomic E-state index is 12.6. The summed E-state index contributed by atoms with van der Waals surface area (Å²) in [5.74, 6) is -1.19. The molecule has 0 spiro atoms. The summed E-state index contributed by atoms with van der Waals surface area (Å²) >= 11 is 0. The lowest BCUT2D eigenvalue weighted by atomic mass is 9.99. The van der Waals surface area contributed by atoms with Crippen LogP contribution in [0.5, 0.6) is 5.95 Å². The van der Waals surface area contributed by atoms with Crippen LogP contribution in [0.15, 0.2) is 57.7 Å². The Kier molecular flexibility index (Phi) is 3.20. The Labute approximate surface area is 124 Å². The molecule has 0 aliphatic carbocycles. The van der Waals surface area contributed by atoms with Crippen LogP contribution in [0, 0.1) is 11.3 Å². The molecule has 0 radical (unpaired) electrons. The molecule has 0 aliphatic rings. The summed E-state index contributed by atoms with van der Waals surface area (Å²) in [6.07, 6.45) is 0. The molecule has 0 fully saturated rings. The van der Waals surface area contributed by atoms with Crippen LogP contribution < -0.4 is 5.63 Å². The second kappa shape index (κ2) is 5.19. The minimum atomic E-state index is -0.710. The van der Waals surface area contributed by atoms with Crippen LogP contribution in [0.1, 0.15) is 21.5 Å². The molecule has 2 aromatic carbocycles.